The van der Waals surface area contributed by atoms with Gasteiger partial charge in [-0.3, -0.25) is 0 Å². The van der Waals surface area contributed by atoms with Crippen LogP contribution in [0.25, 0.3) is 0 Å². The van der Waals surface area contributed by atoms with E-state index in [1.54, 1.807) is 0 Å². The van der Waals surface area contributed by atoms with Crippen molar-refractivity contribution in [2.45, 2.75) is 51.5 Å². The van der Waals surface area contributed by atoms with E-state index in [0.717, 1.165) is 18.1 Å². The highest BCUT2D eigenvalue weighted by atomic mass is 35.5. The summed E-state index contributed by atoms with van der Waals surface area (Å²) < 4.78 is 0. The van der Waals surface area contributed by atoms with Crippen LogP contribution in [0.2, 0.25) is 5.02 Å². The molecule has 2 N–H and O–H groups in total. The molecule has 0 unspecified atom stereocenters. The largest absolute Gasteiger partial charge is 0.371 e. The third kappa shape index (κ3) is 2.82. The Morgan fingerprint density at radius 2 is 1.75 bits per heavy atom. The summed E-state index contributed by atoms with van der Waals surface area (Å²) in [6, 6.07) is 6.10. The van der Waals surface area contributed by atoms with Crippen LogP contribution in [0.15, 0.2) is 18.2 Å². The summed E-state index contributed by atoms with van der Waals surface area (Å²) in [4.78, 5) is 2.49. The topological polar surface area (TPSA) is 29.3 Å². The first-order valence-corrected chi connectivity index (χ1v) is 8.34. The normalized spacial score (nSPS) is 22.2. The zero-order chi connectivity index (χ0) is 14.0. The van der Waals surface area contributed by atoms with E-state index in [1.165, 1.54) is 56.2 Å². The van der Waals surface area contributed by atoms with Crippen molar-refractivity contribution in [1.29, 1.82) is 0 Å². The summed E-state index contributed by atoms with van der Waals surface area (Å²) >= 11 is 6.17. The molecule has 0 amide bonds. The number of nitrogens with zero attached hydrogens (tertiary/aromatic N) is 1. The van der Waals surface area contributed by atoms with Gasteiger partial charge in [0.15, 0.2) is 0 Å². The molecule has 1 aromatic carbocycles. The number of piperidine rings is 1. The van der Waals surface area contributed by atoms with Gasteiger partial charge in [0.1, 0.15) is 0 Å². The maximum absolute atomic E-state index is 6.17. The number of hydrogen-bond donors (Lipinski definition) is 1. The van der Waals surface area contributed by atoms with Gasteiger partial charge in [0.25, 0.3) is 0 Å². The average Bonchev–Trinajstić information content (AvgIpc) is 2.49. The predicted molar refractivity (Wildman–Crippen MR) is 86.3 cm³/mol. The molecule has 1 spiro atoms. The van der Waals surface area contributed by atoms with Gasteiger partial charge in [-0.05, 0) is 48.8 Å². The van der Waals surface area contributed by atoms with Crippen molar-refractivity contribution < 1.29 is 0 Å². The standard InChI is InChI=1S/C17H25ClN2/c18-15-5-4-14(13-19)16(12-15)20-10-8-17(9-11-20)6-2-1-3-7-17/h4-5,12H,1-3,6-11,13,19H2. The van der Waals surface area contributed by atoms with E-state index in [4.69, 9.17) is 17.3 Å². The molecule has 3 rings (SSSR count). The highest BCUT2D eigenvalue weighted by Gasteiger charge is 2.35. The monoisotopic (exact) mass is 292 g/mol. The number of nitrogens with two attached hydrogens (primary N) is 1. The molecular weight excluding hydrogens is 268 g/mol. The molecule has 1 aliphatic heterocycles. The van der Waals surface area contributed by atoms with Crippen molar-refractivity contribution in [2.24, 2.45) is 11.1 Å². The maximum Gasteiger partial charge on any atom is 0.0426 e. The van der Waals surface area contributed by atoms with E-state index in [2.05, 4.69) is 17.0 Å². The first-order chi connectivity index (χ1) is 9.72. The van der Waals surface area contributed by atoms with Crippen LogP contribution in [0.3, 0.4) is 0 Å². The van der Waals surface area contributed by atoms with Crippen molar-refractivity contribution in [3.05, 3.63) is 28.8 Å². The molecule has 1 aliphatic carbocycles. The summed E-state index contributed by atoms with van der Waals surface area (Å²) in [5, 5.41) is 0.815. The van der Waals surface area contributed by atoms with Gasteiger partial charge in [-0.25, -0.2) is 0 Å². The Bertz CT molecular complexity index is 456. The van der Waals surface area contributed by atoms with Crippen LogP contribution in [0, 0.1) is 5.41 Å². The molecule has 0 aromatic heterocycles. The van der Waals surface area contributed by atoms with Crippen molar-refractivity contribution in [3.63, 3.8) is 0 Å². The molecule has 2 fully saturated rings. The summed E-state index contributed by atoms with van der Waals surface area (Å²) in [7, 11) is 0. The zero-order valence-electron chi connectivity index (χ0n) is 12.2. The van der Waals surface area contributed by atoms with Gasteiger partial charge in [0.05, 0.1) is 0 Å². The lowest BCUT2D eigenvalue weighted by atomic mass is 9.68. The van der Waals surface area contributed by atoms with E-state index >= 15 is 0 Å². The van der Waals surface area contributed by atoms with Crippen LogP contribution in [-0.2, 0) is 6.54 Å². The summed E-state index contributed by atoms with van der Waals surface area (Å²) in [5.74, 6) is 0. The van der Waals surface area contributed by atoms with Crippen molar-refractivity contribution in [1.82, 2.24) is 0 Å². The lowest BCUT2D eigenvalue weighted by molar-refractivity contribution is 0.144. The predicted octanol–water partition coefficient (Wildman–Crippen LogP) is 4.35. The fourth-order valence-electron chi connectivity index (χ4n) is 4.03. The Kier molecular flexibility index (Phi) is 4.23. The minimum atomic E-state index is 0.591. The van der Waals surface area contributed by atoms with Crippen molar-refractivity contribution in [2.75, 3.05) is 18.0 Å². The molecule has 1 saturated carbocycles. The molecule has 3 heteroatoms. The Hall–Kier alpha value is -0.730. The van der Waals surface area contributed by atoms with Crippen molar-refractivity contribution >= 4 is 17.3 Å². The molecule has 110 valence electrons. The number of hydrogen-bond acceptors (Lipinski definition) is 2. The zero-order valence-corrected chi connectivity index (χ0v) is 13.0. The third-order valence-electron chi connectivity index (χ3n) is 5.35. The Balaban J connectivity index is 1.73. The van der Waals surface area contributed by atoms with Gasteiger partial charge in [0.2, 0.25) is 0 Å². The third-order valence-corrected chi connectivity index (χ3v) is 5.58. The fraction of sp³-hybridized carbons (Fsp3) is 0.647. The second-order valence-electron chi connectivity index (χ2n) is 6.52. The second kappa shape index (κ2) is 5.95. The molecule has 0 radical (unpaired) electrons. The molecule has 1 saturated heterocycles. The van der Waals surface area contributed by atoms with Gasteiger partial charge in [0, 0.05) is 30.3 Å². The molecular formula is C17H25ClN2. The van der Waals surface area contributed by atoms with Gasteiger partial charge in [-0.15, -0.1) is 0 Å². The van der Waals surface area contributed by atoms with Crippen LogP contribution >= 0.6 is 11.6 Å². The van der Waals surface area contributed by atoms with Crippen LogP contribution < -0.4 is 10.6 Å². The quantitative estimate of drug-likeness (QED) is 0.878. The van der Waals surface area contributed by atoms with E-state index in [0.29, 0.717) is 12.0 Å². The second-order valence-corrected chi connectivity index (χ2v) is 6.96. The average molecular weight is 293 g/mol. The molecule has 2 aliphatic rings. The van der Waals surface area contributed by atoms with E-state index < -0.39 is 0 Å². The Labute approximate surface area is 127 Å². The number of benzene rings is 1. The van der Waals surface area contributed by atoms with E-state index in [-0.39, 0.29) is 0 Å². The first kappa shape index (κ1) is 14.2. The van der Waals surface area contributed by atoms with Gasteiger partial charge in [-0.2, -0.15) is 0 Å². The molecule has 2 nitrogen and oxygen atoms in total. The summed E-state index contributed by atoms with van der Waals surface area (Å²) in [6.45, 7) is 2.91. The molecule has 1 aromatic rings. The van der Waals surface area contributed by atoms with E-state index in [1.807, 2.05) is 6.07 Å². The molecule has 1 heterocycles. The Morgan fingerprint density at radius 3 is 2.40 bits per heavy atom. The van der Waals surface area contributed by atoms with Crippen molar-refractivity contribution in [3.8, 4) is 0 Å². The Morgan fingerprint density at radius 1 is 1.05 bits per heavy atom. The lowest BCUT2D eigenvalue weighted by Crippen LogP contribution is -2.41. The van der Waals surface area contributed by atoms with E-state index in [9.17, 15) is 0 Å². The summed E-state index contributed by atoms with van der Waals surface area (Å²) in [5.41, 5.74) is 8.99. The fourth-order valence-corrected chi connectivity index (χ4v) is 4.19. The number of rotatable bonds is 2. The molecule has 0 bridgehead atoms. The number of anilines is 1. The van der Waals surface area contributed by atoms with Crippen LogP contribution in [0.1, 0.15) is 50.5 Å². The highest BCUT2D eigenvalue weighted by Crippen LogP contribution is 2.45. The minimum Gasteiger partial charge on any atom is -0.371 e. The SMILES string of the molecule is NCc1ccc(Cl)cc1N1CCC2(CCCCC2)CC1. The van der Waals surface area contributed by atoms with Crippen LogP contribution in [0.5, 0.6) is 0 Å². The molecule has 20 heavy (non-hydrogen) atoms. The van der Waals surface area contributed by atoms with Gasteiger partial charge >= 0.3 is 0 Å². The molecule has 0 atom stereocenters. The van der Waals surface area contributed by atoms with Crippen LogP contribution in [-0.4, -0.2) is 13.1 Å². The van der Waals surface area contributed by atoms with Crippen LogP contribution in [0.4, 0.5) is 5.69 Å². The van der Waals surface area contributed by atoms with Gasteiger partial charge < -0.3 is 10.6 Å². The maximum atomic E-state index is 6.17. The van der Waals surface area contributed by atoms with Gasteiger partial charge in [-0.1, -0.05) is 36.9 Å². The number of halogens is 1. The lowest BCUT2D eigenvalue weighted by Gasteiger charge is -2.45. The first-order valence-electron chi connectivity index (χ1n) is 7.96. The summed E-state index contributed by atoms with van der Waals surface area (Å²) in [6.07, 6.45) is 9.88. The smallest absolute Gasteiger partial charge is 0.0426 e. The highest BCUT2D eigenvalue weighted by molar-refractivity contribution is 6.30. The minimum absolute atomic E-state index is 0.591.